The van der Waals surface area contributed by atoms with Crippen molar-refractivity contribution in [2.75, 3.05) is 26.3 Å². The van der Waals surface area contributed by atoms with Gasteiger partial charge in [-0.05, 0) is 26.1 Å². The zero-order valence-electron chi connectivity index (χ0n) is 12.1. The van der Waals surface area contributed by atoms with Crippen LogP contribution in [0, 0.1) is 10.9 Å². The smallest absolute Gasteiger partial charge is 0.245 e. The number of hydrogen-bond donors (Lipinski definition) is 2. The molecule has 8 heteroatoms. The molecule has 1 aromatic heterocycles. The molecular weight excluding hydrogens is 310 g/mol. The van der Waals surface area contributed by atoms with Crippen molar-refractivity contribution >= 4 is 35.4 Å². The molecule has 0 aromatic carbocycles. The molecule has 21 heavy (non-hydrogen) atoms. The second kappa shape index (κ2) is 7.15. The first-order valence-corrected chi connectivity index (χ1v) is 8.09. The Labute approximate surface area is 132 Å². The Morgan fingerprint density at radius 1 is 1.57 bits per heavy atom. The highest BCUT2D eigenvalue weighted by Crippen LogP contribution is 2.18. The molecule has 1 fully saturated rings. The average molecular weight is 329 g/mol. The number of rotatable bonds is 4. The molecule has 1 aliphatic heterocycles. The molecular formula is C13H19N3O3S2. The van der Waals surface area contributed by atoms with Crippen LogP contribution in [0.2, 0.25) is 0 Å². The van der Waals surface area contributed by atoms with Crippen LogP contribution >= 0.6 is 23.6 Å². The predicted molar refractivity (Wildman–Crippen MR) is 82.9 cm³/mol. The molecule has 2 rings (SSSR count). The minimum absolute atomic E-state index is 0.0668. The maximum atomic E-state index is 12.5. The molecule has 2 amide bonds. The standard InChI is InChI=1S/C13H19N3O3S2/c1-3-14-12(18)9-7-19-5-4-16(9)11(17)6-10-8(2)15-13(20)21-10/h9H,3-7H2,1-2H3,(H,14,18)(H,15,20). The van der Waals surface area contributed by atoms with Gasteiger partial charge in [-0.15, -0.1) is 11.3 Å². The van der Waals surface area contributed by atoms with Crippen molar-refractivity contribution < 1.29 is 14.3 Å². The molecule has 1 atom stereocenters. The predicted octanol–water partition coefficient (Wildman–Crippen LogP) is 1.02. The van der Waals surface area contributed by atoms with Crippen molar-refractivity contribution in [1.29, 1.82) is 0 Å². The normalized spacial score (nSPS) is 18.6. The summed E-state index contributed by atoms with van der Waals surface area (Å²) in [7, 11) is 0. The first kappa shape index (κ1) is 16.1. The molecule has 0 saturated carbocycles. The number of nitrogens with one attached hydrogen (secondary N) is 2. The molecule has 0 aliphatic carbocycles. The summed E-state index contributed by atoms with van der Waals surface area (Å²) in [6.45, 7) is 5.44. The van der Waals surface area contributed by atoms with Crippen molar-refractivity contribution in [2.45, 2.75) is 26.3 Å². The van der Waals surface area contributed by atoms with E-state index in [-0.39, 0.29) is 24.8 Å². The number of ether oxygens (including phenoxy) is 1. The number of H-pyrrole nitrogens is 1. The number of likely N-dealkylation sites (N-methyl/N-ethyl adjacent to an activating group) is 1. The Bertz CT molecular complexity index is 581. The van der Waals surface area contributed by atoms with Crippen LogP contribution in [0.15, 0.2) is 0 Å². The minimum Gasteiger partial charge on any atom is -0.377 e. The number of nitrogens with zero attached hydrogens (tertiary/aromatic N) is 1. The highest BCUT2D eigenvalue weighted by atomic mass is 32.1. The minimum atomic E-state index is -0.543. The molecule has 1 aliphatic rings. The Hall–Kier alpha value is -1.25. The molecule has 2 heterocycles. The fourth-order valence-electron chi connectivity index (χ4n) is 2.26. The second-order valence-corrected chi connectivity index (χ2v) is 6.58. The van der Waals surface area contributed by atoms with Crippen molar-refractivity contribution in [3.8, 4) is 0 Å². The quantitative estimate of drug-likeness (QED) is 0.809. The van der Waals surface area contributed by atoms with Crippen LogP contribution in [0.4, 0.5) is 0 Å². The van der Waals surface area contributed by atoms with Gasteiger partial charge >= 0.3 is 0 Å². The van der Waals surface area contributed by atoms with Gasteiger partial charge < -0.3 is 19.9 Å². The Kier molecular flexibility index (Phi) is 5.49. The van der Waals surface area contributed by atoms with Crippen molar-refractivity contribution in [3.63, 3.8) is 0 Å². The van der Waals surface area contributed by atoms with Crippen molar-refractivity contribution in [3.05, 3.63) is 14.5 Å². The lowest BCUT2D eigenvalue weighted by atomic mass is 10.1. The van der Waals surface area contributed by atoms with E-state index in [1.165, 1.54) is 11.3 Å². The number of aromatic amines is 1. The van der Waals surface area contributed by atoms with Crippen LogP contribution in [-0.4, -0.2) is 54.0 Å². The summed E-state index contributed by atoms with van der Waals surface area (Å²) in [6, 6.07) is -0.543. The lowest BCUT2D eigenvalue weighted by Crippen LogP contribution is -2.56. The van der Waals surface area contributed by atoms with Gasteiger partial charge in [0.25, 0.3) is 0 Å². The lowest BCUT2D eigenvalue weighted by Gasteiger charge is -2.34. The van der Waals surface area contributed by atoms with E-state index in [0.717, 1.165) is 10.6 Å². The molecule has 1 saturated heterocycles. The van der Waals surface area contributed by atoms with Crippen LogP contribution < -0.4 is 5.32 Å². The summed E-state index contributed by atoms with van der Waals surface area (Å²) in [5, 5.41) is 2.75. The number of amides is 2. The summed E-state index contributed by atoms with van der Waals surface area (Å²) < 4.78 is 6.00. The Morgan fingerprint density at radius 2 is 2.33 bits per heavy atom. The fourth-order valence-corrected chi connectivity index (χ4v) is 3.54. The van der Waals surface area contributed by atoms with Crippen LogP contribution in [0.1, 0.15) is 17.5 Å². The van der Waals surface area contributed by atoms with E-state index < -0.39 is 6.04 Å². The van der Waals surface area contributed by atoms with Crippen molar-refractivity contribution in [2.24, 2.45) is 0 Å². The number of carbonyl (C=O) groups is 2. The van der Waals surface area contributed by atoms with Crippen LogP contribution in [0.3, 0.4) is 0 Å². The fraction of sp³-hybridized carbons (Fsp3) is 0.615. The molecule has 0 bridgehead atoms. The third-order valence-corrected chi connectivity index (χ3v) is 4.67. The SMILES string of the molecule is CCNC(=O)C1COCCN1C(=O)Cc1sc(=S)[nH]c1C. The second-order valence-electron chi connectivity index (χ2n) is 4.81. The highest BCUT2D eigenvalue weighted by molar-refractivity contribution is 7.73. The van der Waals surface area contributed by atoms with E-state index in [9.17, 15) is 9.59 Å². The van der Waals surface area contributed by atoms with E-state index >= 15 is 0 Å². The van der Waals surface area contributed by atoms with Gasteiger partial charge in [-0.2, -0.15) is 0 Å². The molecule has 116 valence electrons. The number of hydrogen-bond acceptors (Lipinski definition) is 5. The van der Waals surface area contributed by atoms with E-state index in [1.807, 2.05) is 13.8 Å². The Balaban J connectivity index is 2.09. The van der Waals surface area contributed by atoms with E-state index in [2.05, 4.69) is 10.3 Å². The number of carbonyl (C=O) groups excluding carboxylic acids is 2. The zero-order valence-corrected chi connectivity index (χ0v) is 13.7. The van der Waals surface area contributed by atoms with E-state index in [4.69, 9.17) is 17.0 Å². The maximum Gasteiger partial charge on any atom is 0.245 e. The topological polar surface area (TPSA) is 74.4 Å². The maximum absolute atomic E-state index is 12.5. The van der Waals surface area contributed by atoms with Gasteiger partial charge in [0, 0.05) is 23.7 Å². The van der Waals surface area contributed by atoms with Crippen molar-refractivity contribution in [1.82, 2.24) is 15.2 Å². The number of morpholine rings is 1. The largest absolute Gasteiger partial charge is 0.377 e. The summed E-state index contributed by atoms with van der Waals surface area (Å²) in [5.74, 6) is -0.230. The molecule has 0 spiro atoms. The zero-order chi connectivity index (χ0) is 15.4. The van der Waals surface area contributed by atoms with Gasteiger partial charge in [0.2, 0.25) is 11.8 Å². The third kappa shape index (κ3) is 3.90. The van der Waals surface area contributed by atoms with Gasteiger partial charge in [0.1, 0.15) is 6.04 Å². The molecule has 1 aromatic rings. The monoisotopic (exact) mass is 329 g/mol. The molecule has 2 N–H and O–H groups in total. The Morgan fingerprint density at radius 3 is 2.95 bits per heavy atom. The van der Waals surface area contributed by atoms with Crippen LogP contribution in [0.25, 0.3) is 0 Å². The van der Waals surface area contributed by atoms with Crippen LogP contribution in [-0.2, 0) is 20.7 Å². The average Bonchev–Trinajstić information content (AvgIpc) is 2.77. The summed E-state index contributed by atoms with van der Waals surface area (Å²) in [4.78, 5) is 30.1. The van der Waals surface area contributed by atoms with E-state index in [1.54, 1.807) is 4.90 Å². The molecule has 0 radical (unpaired) electrons. The number of aryl methyl sites for hydroxylation is 1. The van der Waals surface area contributed by atoms with Gasteiger partial charge in [-0.25, -0.2) is 0 Å². The van der Waals surface area contributed by atoms with E-state index in [0.29, 0.717) is 23.7 Å². The molecule has 6 nitrogen and oxygen atoms in total. The van der Waals surface area contributed by atoms with Crippen LogP contribution in [0.5, 0.6) is 0 Å². The summed E-state index contributed by atoms with van der Waals surface area (Å²) in [5.41, 5.74) is 0.918. The first-order chi connectivity index (χ1) is 10.0. The third-order valence-electron chi connectivity index (χ3n) is 3.34. The van der Waals surface area contributed by atoms with Gasteiger partial charge in [0.05, 0.1) is 19.6 Å². The highest BCUT2D eigenvalue weighted by Gasteiger charge is 2.32. The van der Waals surface area contributed by atoms with Gasteiger partial charge in [0.15, 0.2) is 3.95 Å². The summed E-state index contributed by atoms with van der Waals surface area (Å²) in [6.07, 6.45) is 0.263. The number of thiazole rings is 1. The van der Waals surface area contributed by atoms with Gasteiger partial charge in [-0.3, -0.25) is 9.59 Å². The molecule has 1 unspecified atom stereocenters. The van der Waals surface area contributed by atoms with Gasteiger partial charge in [-0.1, -0.05) is 0 Å². The lowest BCUT2D eigenvalue weighted by molar-refractivity contribution is -0.147. The number of aromatic nitrogens is 1. The summed E-state index contributed by atoms with van der Waals surface area (Å²) >= 11 is 6.49. The first-order valence-electron chi connectivity index (χ1n) is 6.86.